The van der Waals surface area contributed by atoms with Crippen LogP contribution >= 0.6 is 24.0 Å². The zero-order chi connectivity index (χ0) is 27.8. The summed E-state index contributed by atoms with van der Waals surface area (Å²) in [5, 5.41) is 9.07. The highest BCUT2D eigenvalue weighted by molar-refractivity contribution is 8.26. The van der Waals surface area contributed by atoms with E-state index in [9.17, 15) is 14.0 Å². The summed E-state index contributed by atoms with van der Waals surface area (Å²) in [7, 11) is 1.62. The van der Waals surface area contributed by atoms with Crippen molar-refractivity contribution in [2.45, 2.75) is 12.8 Å². The average Bonchev–Trinajstić information content (AvgIpc) is 3.18. The lowest BCUT2D eigenvalue weighted by molar-refractivity contribution is -0.140. The van der Waals surface area contributed by atoms with Crippen LogP contribution < -0.4 is 14.2 Å². The Bertz CT molecular complexity index is 1390. The molecule has 0 bridgehead atoms. The van der Waals surface area contributed by atoms with Gasteiger partial charge in [-0.3, -0.25) is 14.5 Å². The van der Waals surface area contributed by atoms with Gasteiger partial charge in [-0.25, -0.2) is 4.39 Å². The van der Waals surface area contributed by atoms with Crippen molar-refractivity contribution in [3.8, 4) is 17.2 Å². The minimum Gasteiger partial charge on any atom is -0.496 e. The summed E-state index contributed by atoms with van der Waals surface area (Å²) in [6.45, 7) is 0.209. The molecule has 1 fully saturated rings. The molecular weight excluding hydrogens is 541 g/mol. The van der Waals surface area contributed by atoms with Crippen LogP contribution in [0, 0.1) is 5.82 Å². The monoisotopic (exact) mass is 567 g/mol. The van der Waals surface area contributed by atoms with E-state index >= 15 is 0 Å². The Morgan fingerprint density at radius 1 is 1.00 bits per heavy atom. The number of thiocarbonyl (C=S) groups is 1. The number of methoxy groups -OCH3 is 1. The predicted octanol–water partition coefficient (Wildman–Crippen LogP) is 5.36. The molecule has 0 aromatic heterocycles. The predicted molar refractivity (Wildman–Crippen MR) is 152 cm³/mol. The van der Waals surface area contributed by atoms with Crippen molar-refractivity contribution in [2.24, 2.45) is 0 Å². The van der Waals surface area contributed by atoms with E-state index in [4.69, 9.17) is 31.5 Å². The highest BCUT2D eigenvalue weighted by Gasteiger charge is 2.33. The van der Waals surface area contributed by atoms with Gasteiger partial charge in [0.05, 0.1) is 25.2 Å². The third-order valence-electron chi connectivity index (χ3n) is 5.82. The summed E-state index contributed by atoms with van der Waals surface area (Å²) in [5.41, 5.74) is 2.61. The molecule has 202 valence electrons. The lowest BCUT2D eigenvalue weighted by Crippen LogP contribution is -2.33. The fourth-order valence-electron chi connectivity index (χ4n) is 3.88. The van der Waals surface area contributed by atoms with E-state index in [1.807, 2.05) is 24.3 Å². The Balaban J connectivity index is 1.51. The standard InChI is InChI=1S/C29H26FNO6S2/c1-35-23-5-3-2-4-21(23)13-15-37-25-16-20(17-26-28(34)31(18-27(32)33)29(38)39-26)8-11-24(25)36-14-12-19-6-9-22(30)10-7-19/h2-11,16-17H,12-15,18H2,1H3,(H,32,33). The molecule has 1 N–H and O–H groups in total. The topological polar surface area (TPSA) is 85.3 Å². The second-order valence-electron chi connectivity index (χ2n) is 8.50. The van der Waals surface area contributed by atoms with Crippen molar-refractivity contribution >= 4 is 46.3 Å². The second-order valence-corrected chi connectivity index (χ2v) is 10.2. The SMILES string of the molecule is COc1ccccc1CCOc1cc(C=C2SC(=S)N(CC(=O)O)C2=O)ccc1OCCc1ccc(F)cc1. The zero-order valence-corrected chi connectivity index (χ0v) is 22.7. The first-order valence-corrected chi connectivity index (χ1v) is 13.3. The second kappa shape index (κ2) is 13.3. The minimum atomic E-state index is -1.14. The molecule has 0 aliphatic carbocycles. The van der Waals surface area contributed by atoms with Crippen LogP contribution in [-0.4, -0.2) is 53.1 Å². The number of carbonyl (C=O) groups is 2. The van der Waals surface area contributed by atoms with Crippen LogP contribution in [0.2, 0.25) is 0 Å². The first-order chi connectivity index (χ1) is 18.8. The largest absolute Gasteiger partial charge is 0.496 e. The molecule has 0 atom stereocenters. The molecule has 1 aliphatic heterocycles. The van der Waals surface area contributed by atoms with Crippen molar-refractivity contribution in [2.75, 3.05) is 26.9 Å². The van der Waals surface area contributed by atoms with E-state index in [1.165, 1.54) is 12.1 Å². The first-order valence-electron chi connectivity index (χ1n) is 12.1. The van der Waals surface area contributed by atoms with Gasteiger partial charge in [-0.15, -0.1) is 0 Å². The number of halogens is 1. The van der Waals surface area contributed by atoms with Gasteiger partial charge < -0.3 is 19.3 Å². The molecule has 39 heavy (non-hydrogen) atoms. The number of ether oxygens (including phenoxy) is 3. The van der Waals surface area contributed by atoms with E-state index in [0.29, 0.717) is 48.0 Å². The molecule has 0 radical (unpaired) electrons. The molecule has 7 nitrogen and oxygen atoms in total. The summed E-state index contributed by atoms with van der Waals surface area (Å²) in [6, 6.07) is 19.3. The fourth-order valence-corrected chi connectivity index (χ4v) is 5.13. The normalized spacial score (nSPS) is 14.1. The summed E-state index contributed by atoms with van der Waals surface area (Å²) in [6.07, 6.45) is 2.82. The van der Waals surface area contributed by atoms with Crippen LogP contribution in [-0.2, 0) is 22.4 Å². The van der Waals surface area contributed by atoms with Gasteiger partial charge in [-0.05, 0) is 53.1 Å². The molecule has 1 heterocycles. The average molecular weight is 568 g/mol. The van der Waals surface area contributed by atoms with Crippen LogP contribution in [0.25, 0.3) is 6.08 Å². The van der Waals surface area contributed by atoms with Crippen molar-refractivity contribution in [3.05, 3.63) is 94.1 Å². The van der Waals surface area contributed by atoms with Gasteiger partial charge in [0.1, 0.15) is 22.4 Å². The Morgan fingerprint density at radius 2 is 1.72 bits per heavy atom. The van der Waals surface area contributed by atoms with Crippen LogP contribution in [0.4, 0.5) is 4.39 Å². The fraction of sp³-hybridized carbons (Fsp3) is 0.207. The van der Waals surface area contributed by atoms with Crippen molar-refractivity contribution in [1.29, 1.82) is 0 Å². The Kier molecular flexibility index (Phi) is 9.56. The van der Waals surface area contributed by atoms with Gasteiger partial charge in [0, 0.05) is 12.8 Å². The Hall–Kier alpha value is -3.89. The maximum atomic E-state index is 13.2. The van der Waals surface area contributed by atoms with E-state index in [-0.39, 0.29) is 10.1 Å². The van der Waals surface area contributed by atoms with Crippen molar-refractivity contribution in [1.82, 2.24) is 4.90 Å². The first kappa shape index (κ1) is 28.1. The third-order valence-corrected chi connectivity index (χ3v) is 7.19. The van der Waals surface area contributed by atoms with Gasteiger partial charge >= 0.3 is 5.97 Å². The molecule has 3 aromatic carbocycles. The minimum absolute atomic E-state index is 0.197. The number of benzene rings is 3. The molecule has 0 spiro atoms. The maximum Gasteiger partial charge on any atom is 0.323 e. The summed E-state index contributed by atoms with van der Waals surface area (Å²) in [5.74, 6) is -0.104. The summed E-state index contributed by atoms with van der Waals surface area (Å²) in [4.78, 5) is 25.2. The van der Waals surface area contributed by atoms with Crippen LogP contribution in [0.1, 0.15) is 16.7 Å². The number of aliphatic carboxylic acids is 1. The molecule has 1 amide bonds. The molecule has 4 rings (SSSR count). The van der Waals surface area contributed by atoms with Gasteiger partial charge in [0.25, 0.3) is 5.91 Å². The van der Waals surface area contributed by atoms with Gasteiger partial charge in [0.15, 0.2) is 11.5 Å². The van der Waals surface area contributed by atoms with E-state index in [2.05, 4.69) is 0 Å². The highest BCUT2D eigenvalue weighted by Crippen LogP contribution is 2.35. The summed E-state index contributed by atoms with van der Waals surface area (Å²) >= 11 is 6.24. The van der Waals surface area contributed by atoms with Crippen molar-refractivity contribution in [3.63, 3.8) is 0 Å². The van der Waals surface area contributed by atoms with Gasteiger partial charge in [-0.1, -0.05) is 60.4 Å². The van der Waals surface area contributed by atoms with E-state index in [1.54, 1.807) is 43.5 Å². The number of carboxylic acids is 1. The number of para-hydroxylation sites is 1. The van der Waals surface area contributed by atoms with Crippen LogP contribution in [0.3, 0.4) is 0 Å². The quantitative estimate of drug-likeness (QED) is 0.231. The number of hydrogen-bond donors (Lipinski definition) is 1. The smallest absolute Gasteiger partial charge is 0.323 e. The highest BCUT2D eigenvalue weighted by atomic mass is 32.2. The number of carbonyl (C=O) groups excluding carboxylic acids is 1. The number of carboxylic acid groups (broad SMARTS) is 1. The van der Waals surface area contributed by atoms with Crippen LogP contribution in [0.5, 0.6) is 17.2 Å². The molecule has 10 heteroatoms. The molecule has 3 aromatic rings. The van der Waals surface area contributed by atoms with E-state index in [0.717, 1.165) is 33.5 Å². The van der Waals surface area contributed by atoms with Crippen molar-refractivity contribution < 1.29 is 33.3 Å². The molecule has 1 saturated heterocycles. The lowest BCUT2D eigenvalue weighted by Gasteiger charge is -2.15. The molecular formula is C29H26FNO6S2. The van der Waals surface area contributed by atoms with Gasteiger partial charge in [0.2, 0.25) is 0 Å². The number of rotatable bonds is 12. The lowest BCUT2D eigenvalue weighted by atomic mass is 10.1. The Morgan fingerprint density at radius 3 is 2.46 bits per heavy atom. The van der Waals surface area contributed by atoms with E-state index < -0.39 is 18.4 Å². The number of amides is 1. The number of thioether (sulfide) groups is 1. The van der Waals surface area contributed by atoms with Gasteiger partial charge in [-0.2, -0.15) is 0 Å². The third kappa shape index (κ3) is 7.58. The summed E-state index contributed by atoms with van der Waals surface area (Å²) < 4.78 is 31.0. The number of nitrogens with zero attached hydrogens (tertiary/aromatic N) is 1. The maximum absolute atomic E-state index is 13.2. The molecule has 1 aliphatic rings. The number of hydrogen-bond acceptors (Lipinski definition) is 7. The van der Waals surface area contributed by atoms with Crippen LogP contribution in [0.15, 0.2) is 71.6 Å². The molecule has 0 unspecified atom stereocenters. The molecule has 0 saturated carbocycles. The zero-order valence-electron chi connectivity index (χ0n) is 21.1. The Labute approximate surface area is 235 Å².